The zero-order chi connectivity index (χ0) is 11.6. The molecule has 0 saturated carbocycles. The van der Waals surface area contributed by atoms with Crippen molar-refractivity contribution in [3.8, 4) is 0 Å². The second-order valence-corrected chi connectivity index (χ2v) is 2.61. The molecule has 0 aromatic heterocycles. The molecule has 0 amide bonds. The summed E-state index contributed by atoms with van der Waals surface area (Å²) in [6.07, 6.45) is 0. The molecule has 0 saturated heterocycles. The largest absolute Gasteiger partial charge is 0.465 e. The second kappa shape index (κ2) is 3.91. The van der Waals surface area contributed by atoms with Gasteiger partial charge >= 0.3 is 11.7 Å². The van der Waals surface area contributed by atoms with Crippen LogP contribution in [0.5, 0.6) is 0 Å². The van der Waals surface area contributed by atoms with Gasteiger partial charge in [-0.2, -0.15) is 4.39 Å². The van der Waals surface area contributed by atoms with Crippen LogP contribution in [0.3, 0.4) is 0 Å². The topological polar surface area (TPSA) is 95.5 Å². The number of ether oxygens (including phenoxy) is 1. The summed E-state index contributed by atoms with van der Waals surface area (Å²) >= 11 is 0. The number of nitro benzene ring substituents is 1. The average Bonchev–Trinajstić information content (AvgIpc) is 2.16. The summed E-state index contributed by atoms with van der Waals surface area (Å²) in [6.45, 7) is 0. The van der Waals surface area contributed by atoms with Crippen LogP contribution in [0, 0.1) is 15.9 Å². The van der Waals surface area contributed by atoms with Crippen LogP contribution in [0.2, 0.25) is 0 Å². The smallest absolute Gasteiger partial charge is 0.341 e. The first kappa shape index (κ1) is 10.9. The first-order valence-corrected chi connectivity index (χ1v) is 3.79. The fraction of sp³-hybridized carbons (Fsp3) is 0.125. The maximum Gasteiger partial charge on any atom is 0.341 e. The first-order chi connectivity index (χ1) is 6.99. The number of nitro groups is 1. The van der Waals surface area contributed by atoms with E-state index in [1.165, 1.54) is 0 Å². The highest BCUT2D eigenvalue weighted by atomic mass is 19.1. The predicted octanol–water partition coefficient (Wildman–Crippen LogP) is 1.10. The van der Waals surface area contributed by atoms with Gasteiger partial charge in [-0.1, -0.05) is 0 Å². The van der Waals surface area contributed by atoms with Gasteiger partial charge in [0.15, 0.2) is 0 Å². The van der Waals surface area contributed by atoms with Gasteiger partial charge in [0.2, 0.25) is 5.82 Å². The number of methoxy groups -OCH3 is 1. The standard InChI is InChI=1S/C8H7FN2O4/c1-15-8(12)4-2-3-5(10)7(6(4)9)11(13)14/h2-3H,10H2,1H3. The lowest BCUT2D eigenvalue weighted by Gasteiger charge is -2.03. The molecule has 0 aliphatic rings. The molecule has 0 fully saturated rings. The number of nitrogens with zero attached hydrogens (tertiary/aromatic N) is 1. The van der Waals surface area contributed by atoms with Gasteiger partial charge in [-0.05, 0) is 12.1 Å². The predicted molar refractivity (Wildman–Crippen MR) is 48.8 cm³/mol. The van der Waals surface area contributed by atoms with Crippen molar-refractivity contribution in [2.24, 2.45) is 0 Å². The summed E-state index contributed by atoms with van der Waals surface area (Å²) in [5.41, 5.74) is 3.42. The van der Waals surface area contributed by atoms with Crippen LogP contribution in [0.25, 0.3) is 0 Å². The Bertz CT molecular complexity index is 433. The Balaban J connectivity index is 3.41. The molecule has 0 spiro atoms. The molecule has 1 aromatic rings. The van der Waals surface area contributed by atoms with Crippen molar-refractivity contribution >= 4 is 17.3 Å². The van der Waals surface area contributed by atoms with E-state index in [0.717, 1.165) is 19.2 Å². The van der Waals surface area contributed by atoms with E-state index in [1.54, 1.807) is 0 Å². The summed E-state index contributed by atoms with van der Waals surface area (Å²) in [6, 6.07) is 2.11. The number of carbonyl (C=O) groups excluding carboxylic acids is 1. The number of halogens is 1. The fourth-order valence-electron chi connectivity index (χ4n) is 1.03. The second-order valence-electron chi connectivity index (χ2n) is 2.61. The maximum atomic E-state index is 13.4. The fourth-order valence-corrected chi connectivity index (χ4v) is 1.03. The number of anilines is 1. The van der Waals surface area contributed by atoms with Crippen molar-refractivity contribution in [3.63, 3.8) is 0 Å². The van der Waals surface area contributed by atoms with Gasteiger partial charge in [0, 0.05) is 0 Å². The van der Waals surface area contributed by atoms with Gasteiger partial charge < -0.3 is 10.5 Å². The van der Waals surface area contributed by atoms with Crippen LogP contribution in [0.4, 0.5) is 15.8 Å². The zero-order valence-electron chi connectivity index (χ0n) is 7.69. The van der Waals surface area contributed by atoms with Gasteiger partial charge in [-0.15, -0.1) is 0 Å². The normalized spacial score (nSPS) is 9.73. The molecular weight excluding hydrogens is 207 g/mol. The minimum atomic E-state index is -1.29. The number of rotatable bonds is 2. The third kappa shape index (κ3) is 1.85. The van der Waals surface area contributed by atoms with E-state index in [2.05, 4.69) is 4.74 Å². The SMILES string of the molecule is COC(=O)c1ccc(N)c([N+](=O)[O-])c1F. The van der Waals surface area contributed by atoms with Gasteiger partial charge in [0.1, 0.15) is 11.3 Å². The Morgan fingerprint density at radius 3 is 2.67 bits per heavy atom. The van der Waals surface area contributed by atoms with Crippen LogP contribution in [-0.2, 0) is 4.74 Å². The number of nitrogens with two attached hydrogens (primary N) is 1. The molecule has 0 radical (unpaired) electrons. The molecule has 15 heavy (non-hydrogen) atoms. The van der Waals surface area contributed by atoms with Crippen LogP contribution in [0.1, 0.15) is 10.4 Å². The summed E-state index contributed by atoms with van der Waals surface area (Å²) < 4.78 is 17.6. The molecule has 0 heterocycles. The first-order valence-electron chi connectivity index (χ1n) is 3.79. The number of carbonyl (C=O) groups is 1. The van der Waals surface area contributed by atoms with Crippen LogP contribution >= 0.6 is 0 Å². The highest BCUT2D eigenvalue weighted by molar-refractivity contribution is 5.91. The number of esters is 1. The minimum Gasteiger partial charge on any atom is -0.465 e. The molecule has 0 aliphatic carbocycles. The molecule has 7 heteroatoms. The van der Waals surface area contributed by atoms with Crippen molar-refractivity contribution in [3.05, 3.63) is 33.6 Å². The van der Waals surface area contributed by atoms with Gasteiger partial charge in [0.05, 0.1) is 12.0 Å². The number of hydrogen-bond acceptors (Lipinski definition) is 5. The Morgan fingerprint density at radius 2 is 2.20 bits per heavy atom. The quantitative estimate of drug-likeness (QED) is 0.344. The summed E-state index contributed by atoms with van der Waals surface area (Å²) in [4.78, 5) is 20.4. The van der Waals surface area contributed by atoms with E-state index in [1.807, 2.05) is 0 Å². The molecule has 1 rings (SSSR count). The number of nitrogen functional groups attached to an aromatic ring is 1. The Kier molecular flexibility index (Phi) is 2.84. The van der Waals surface area contributed by atoms with E-state index in [4.69, 9.17) is 5.73 Å². The molecule has 0 atom stereocenters. The molecule has 0 aliphatic heterocycles. The number of benzene rings is 1. The van der Waals surface area contributed by atoms with Crippen molar-refractivity contribution < 1.29 is 18.8 Å². The molecule has 1 aromatic carbocycles. The molecule has 2 N–H and O–H groups in total. The third-order valence-electron chi connectivity index (χ3n) is 1.74. The van der Waals surface area contributed by atoms with Crippen LogP contribution < -0.4 is 5.73 Å². The highest BCUT2D eigenvalue weighted by Crippen LogP contribution is 2.27. The van der Waals surface area contributed by atoms with Crippen LogP contribution in [-0.4, -0.2) is 18.0 Å². The lowest BCUT2D eigenvalue weighted by atomic mass is 10.1. The summed E-state index contributed by atoms with van der Waals surface area (Å²) in [5.74, 6) is -2.28. The monoisotopic (exact) mass is 214 g/mol. The van der Waals surface area contributed by atoms with Crippen LogP contribution in [0.15, 0.2) is 12.1 Å². The molecule has 0 unspecified atom stereocenters. The minimum absolute atomic E-state index is 0.342. The summed E-state index contributed by atoms with van der Waals surface area (Å²) in [5, 5.41) is 10.4. The van der Waals surface area contributed by atoms with Gasteiger partial charge in [-0.25, -0.2) is 4.79 Å². The third-order valence-corrected chi connectivity index (χ3v) is 1.74. The Labute approximate surface area is 83.6 Å². The molecule has 0 bridgehead atoms. The van der Waals surface area contributed by atoms with E-state index >= 15 is 0 Å². The van der Waals surface area contributed by atoms with Gasteiger partial charge in [-0.3, -0.25) is 10.1 Å². The summed E-state index contributed by atoms with van der Waals surface area (Å²) in [7, 11) is 1.05. The molecule has 80 valence electrons. The molecule has 6 nitrogen and oxygen atoms in total. The lowest BCUT2D eigenvalue weighted by Crippen LogP contribution is -2.08. The van der Waals surface area contributed by atoms with Crippen molar-refractivity contribution in [2.45, 2.75) is 0 Å². The van der Waals surface area contributed by atoms with Gasteiger partial charge in [0.25, 0.3) is 0 Å². The highest BCUT2D eigenvalue weighted by Gasteiger charge is 2.25. The van der Waals surface area contributed by atoms with Crippen molar-refractivity contribution in [1.29, 1.82) is 0 Å². The Hall–Kier alpha value is -2.18. The average molecular weight is 214 g/mol. The van der Waals surface area contributed by atoms with Crippen molar-refractivity contribution in [2.75, 3.05) is 12.8 Å². The van der Waals surface area contributed by atoms with E-state index < -0.39 is 28.0 Å². The maximum absolute atomic E-state index is 13.4. The number of hydrogen-bond donors (Lipinski definition) is 1. The molecular formula is C8H7FN2O4. The lowest BCUT2D eigenvalue weighted by molar-refractivity contribution is -0.386. The van der Waals surface area contributed by atoms with E-state index in [9.17, 15) is 19.3 Å². The van der Waals surface area contributed by atoms with E-state index in [-0.39, 0.29) is 5.69 Å². The van der Waals surface area contributed by atoms with E-state index in [0.29, 0.717) is 0 Å². The van der Waals surface area contributed by atoms with Crippen molar-refractivity contribution in [1.82, 2.24) is 0 Å². The zero-order valence-corrected chi connectivity index (χ0v) is 7.69. The Morgan fingerprint density at radius 1 is 1.60 bits per heavy atom.